The van der Waals surface area contributed by atoms with Gasteiger partial charge in [0.25, 0.3) is 0 Å². The number of hydrogen-bond donors (Lipinski definition) is 3. The fourth-order valence-corrected chi connectivity index (χ4v) is 3.47. The summed E-state index contributed by atoms with van der Waals surface area (Å²) < 4.78 is 0. The van der Waals surface area contributed by atoms with Gasteiger partial charge in [-0.05, 0) is 25.0 Å². The van der Waals surface area contributed by atoms with E-state index in [1.54, 1.807) is 12.1 Å². The van der Waals surface area contributed by atoms with E-state index in [2.05, 4.69) is 16.0 Å². The Morgan fingerprint density at radius 3 is 2.57 bits per heavy atom. The zero-order chi connectivity index (χ0) is 20.1. The van der Waals surface area contributed by atoms with Crippen molar-refractivity contribution in [1.29, 1.82) is 0 Å². The zero-order valence-corrected chi connectivity index (χ0v) is 15.8. The minimum absolute atomic E-state index is 0.0679. The number of piperazine rings is 1. The van der Waals surface area contributed by atoms with Crippen LogP contribution < -0.4 is 16.0 Å². The summed E-state index contributed by atoms with van der Waals surface area (Å²) in [4.78, 5) is 52.2. The summed E-state index contributed by atoms with van der Waals surface area (Å²) >= 11 is 0. The summed E-state index contributed by atoms with van der Waals surface area (Å²) in [7, 11) is 0. The zero-order valence-electron chi connectivity index (χ0n) is 15.8. The van der Waals surface area contributed by atoms with Crippen LogP contribution in [0.15, 0.2) is 30.3 Å². The molecule has 0 aromatic heterocycles. The van der Waals surface area contributed by atoms with Crippen LogP contribution in [0.4, 0.5) is 10.5 Å². The number of nitrogens with zero attached hydrogens (tertiary/aromatic N) is 2. The lowest BCUT2D eigenvalue weighted by Crippen LogP contribution is -2.63. The molecule has 1 aromatic rings. The maximum absolute atomic E-state index is 12.8. The minimum atomic E-state index is -0.831. The van der Waals surface area contributed by atoms with E-state index in [1.807, 2.05) is 18.2 Å². The number of benzene rings is 1. The van der Waals surface area contributed by atoms with Crippen LogP contribution in [0.3, 0.4) is 0 Å². The molecule has 0 radical (unpaired) electrons. The lowest BCUT2D eigenvalue weighted by molar-refractivity contribution is -0.142. The van der Waals surface area contributed by atoms with Crippen molar-refractivity contribution in [2.24, 2.45) is 0 Å². The van der Waals surface area contributed by atoms with Crippen LogP contribution in [0.2, 0.25) is 0 Å². The van der Waals surface area contributed by atoms with E-state index in [1.165, 1.54) is 16.7 Å². The number of carbonyl (C=O) groups is 4. The molecule has 2 atom stereocenters. The van der Waals surface area contributed by atoms with Gasteiger partial charge in [0.15, 0.2) is 0 Å². The number of amides is 5. The number of anilines is 1. The number of urea groups is 1. The van der Waals surface area contributed by atoms with Crippen LogP contribution in [0, 0.1) is 0 Å². The highest BCUT2D eigenvalue weighted by molar-refractivity contribution is 5.94. The van der Waals surface area contributed by atoms with E-state index in [4.69, 9.17) is 0 Å². The van der Waals surface area contributed by atoms with E-state index in [0.29, 0.717) is 25.2 Å². The first-order valence-electron chi connectivity index (χ1n) is 9.42. The van der Waals surface area contributed by atoms with E-state index in [9.17, 15) is 19.2 Å². The van der Waals surface area contributed by atoms with Crippen LogP contribution in [0.25, 0.3) is 0 Å². The second-order valence-electron chi connectivity index (χ2n) is 6.96. The molecule has 0 spiro atoms. The van der Waals surface area contributed by atoms with Crippen molar-refractivity contribution >= 4 is 29.4 Å². The van der Waals surface area contributed by atoms with E-state index in [-0.39, 0.29) is 30.9 Å². The molecule has 2 aliphatic heterocycles. The summed E-state index contributed by atoms with van der Waals surface area (Å²) in [5.74, 6) is -0.880. The van der Waals surface area contributed by atoms with Crippen LogP contribution in [0.5, 0.6) is 0 Å². The Hall–Kier alpha value is -3.10. The fourth-order valence-electron chi connectivity index (χ4n) is 3.47. The first-order chi connectivity index (χ1) is 13.5. The lowest BCUT2D eigenvalue weighted by Gasteiger charge is -2.40. The normalized spacial score (nSPS) is 22.2. The third kappa shape index (κ3) is 4.59. The smallest absolute Gasteiger partial charge is 0.321 e. The Kier molecular flexibility index (Phi) is 6.13. The molecule has 2 heterocycles. The van der Waals surface area contributed by atoms with Gasteiger partial charge < -0.3 is 25.8 Å². The van der Waals surface area contributed by atoms with Crippen LogP contribution in [-0.2, 0) is 14.4 Å². The molecule has 0 unspecified atom stereocenters. The van der Waals surface area contributed by atoms with Gasteiger partial charge in [0.1, 0.15) is 12.1 Å². The summed E-state index contributed by atoms with van der Waals surface area (Å²) in [5.41, 5.74) is 0.654. The molecule has 2 aliphatic rings. The number of hydrogen-bond acceptors (Lipinski definition) is 4. The quantitative estimate of drug-likeness (QED) is 0.685. The van der Waals surface area contributed by atoms with Crippen molar-refractivity contribution in [3.8, 4) is 0 Å². The van der Waals surface area contributed by atoms with E-state index >= 15 is 0 Å². The molecule has 9 heteroatoms. The summed E-state index contributed by atoms with van der Waals surface area (Å²) in [6.45, 7) is 2.64. The molecule has 0 saturated carbocycles. The number of piperidine rings is 1. The molecule has 9 nitrogen and oxygen atoms in total. The van der Waals surface area contributed by atoms with Crippen molar-refractivity contribution in [2.75, 3.05) is 31.5 Å². The fraction of sp³-hybridized carbons (Fsp3) is 0.474. The molecule has 28 heavy (non-hydrogen) atoms. The Morgan fingerprint density at radius 1 is 1.14 bits per heavy atom. The Labute approximate surface area is 163 Å². The van der Waals surface area contributed by atoms with Gasteiger partial charge in [-0.2, -0.15) is 0 Å². The molecule has 2 fully saturated rings. The van der Waals surface area contributed by atoms with Gasteiger partial charge in [-0.25, -0.2) is 4.79 Å². The Bertz CT molecular complexity index is 754. The second kappa shape index (κ2) is 8.73. The van der Waals surface area contributed by atoms with Crippen molar-refractivity contribution < 1.29 is 19.2 Å². The number of nitrogens with one attached hydrogen (secondary N) is 3. The highest BCUT2D eigenvalue weighted by Gasteiger charge is 2.37. The molecule has 150 valence electrons. The Balaban J connectivity index is 1.67. The average Bonchev–Trinajstić information content (AvgIpc) is 2.70. The van der Waals surface area contributed by atoms with Crippen LogP contribution in [0.1, 0.15) is 19.8 Å². The maximum Gasteiger partial charge on any atom is 0.321 e. The van der Waals surface area contributed by atoms with Gasteiger partial charge in [-0.3, -0.25) is 14.4 Å². The molecule has 5 amide bonds. The van der Waals surface area contributed by atoms with Gasteiger partial charge in [0.2, 0.25) is 17.7 Å². The van der Waals surface area contributed by atoms with E-state index < -0.39 is 18.0 Å². The van der Waals surface area contributed by atoms with Crippen LogP contribution >= 0.6 is 0 Å². The van der Waals surface area contributed by atoms with Gasteiger partial charge in [-0.15, -0.1) is 0 Å². The monoisotopic (exact) mass is 387 g/mol. The highest BCUT2D eigenvalue weighted by atomic mass is 16.2. The van der Waals surface area contributed by atoms with Gasteiger partial charge in [0, 0.05) is 32.2 Å². The number of para-hydroxylation sites is 1. The van der Waals surface area contributed by atoms with Crippen molar-refractivity contribution in [3.63, 3.8) is 0 Å². The number of rotatable bonds is 3. The molecule has 0 bridgehead atoms. The summed E-state index contributed by atoms with van der Waals surface area (Å²) in [5, 5.41) is 8.24. The van der Waals surface area contributed by atoms with Crippen LogP contribution in [-0.4, -0.2) is 71.8 Å². The SMILES string of the molecule is CC(=O)N1CCN(C(=O)Nc2ccccc2)C[C@H]1C(=O)N[C@@H]1CCCNC1=O. The molecular weight excluding hydrogens is 362 g/mol. The third-order valence-corrected chi connectivity index (χ3v) is 5.00. The van der Waals surface area contributed by atoms with E-state index in [0.717, 1.165) is 6.42 Å². The topological polar surface area (TPSA) is 111 Å². The maximum atomic E-state index is 12.8. The molecular formula is C19H25N5O4. The minimum Gasteiger partial charge on any atom is -0.354 e. The molecule has 3 rings (SSSR count). The molecule has 3 N–H and O–H groups in total. The van der Waals surface area contributed by atoms with Crippen molar-refractivity contribution in [1.82, 2.24) is 20.4 Å². The summed E-state index contributed by atoms with van der Waals surface area (Å²) in [6.07, 6.45) is 1.34. The predicted molar refractivity (Wildman–Crippen MR) is 102 cm³/mol. The highest BCUT2D eigenvalue weighted by Crippen LogP contribution is 2.14. The summed E-state index contributed by atoms with van der Waals surface area (Å²) in [6, 6.07) is 7.26. The first kappa shape index (κ1) is 19.7. The van der Waals surface area contributed by atoms with Gasteiger partial charge >= 0.3 is 6.03 Å². The lowest BCUT2D eigenvalue weighted by atomic mass is 10.1. The molecule has 2 saturated heterocycles. The van der Waals surface area contributed by atoms with Crippen molar-refractivity contribution in [3.05, 3.63) is 30.3 Å². The largest absolute Gasteiger partial charge is 0.354 e. The number of carbonyl (C=O) groups excluding carboxylic acids is 4. The average molecular weight is 387 g/mol. The van der Waals surface area contributed by atoms with Gasteiger partial charge in [0.05, 0.1) is 6.54 Å². The van der Waals surface area contributed by atoms with Crippen molar-refractivity contribution in [2.45, 2.75) is 31.8 Å². The molecule has 1 aromatic carbocycles. The Morgan fingerprint density at radius 2 is 1.89 bits per heavy atom. The third-order valence-electron chi connectivity index (χ3n) is 5.00. The predicted octanol–water partition coefficient (Wildman–Crippen LogP) is 0.146. The second-order valence-corrected chi connectivity index (χ2v) is 6.96. The first-order valence-corrected chi connectivity index (χ1v) is 9.42. The molecule has 0 aliphatic carbocycles. The van der Waals surface area contributed by atoms with Gasteiger partial charge in [-0.1, -0.05) is 18.2 Å². The standard InChI is InChI=1S/C19H25N5O4/c1-13(25)24-11-10-23(19(28)21-14-6-3-2-4-7-14)12-16(24)18(27)22-15-8-5-9-20-17(15)26/h2-4,6-7,15-16H,5,8-12H2,1H3,(H,20,26)(H,21,28)(H,22,27)/t15-,16+/m1/s1.